The van der Waals surface area contributed by atoms with Crippen molar-refractivity contribution in [2.24, 2.45) is 0 Å². The second kappa shape index (κ2) is 2.30. The van der Waals surface area contributed by atoms with Crippen LogP contribution in [0.3, 0.4) is 0 Å². The molecule has 1 aromatic rings. The van der Waals surface area contributed by atoms with Crippen molar-refractivity contribution in [3.05, 3.63) is 19.4 Å². The first kappa shape index (κ1) is 6.79. The molecule has 0 saturated carbocycles. The third kappa shape index (κ3) is 0.917. The number of carbonyl (C=O) groups excluding carboxylic acids is 1. The molecule has 1 aliphatic rings. The SMILES string of the molecule is O=C1CCc2cc(I)sc21. The fourth-order valence-electron chi connectivity index (χ4n) is 1.18. The number of hydrogen-bond acceptors (Lipinski definition) is 2. The van der Waals surface area contributed by atoms with Crippen molar-refractivity contribution in [1.29, 1.82) is 0 Å². The highest BCUT2D eigenvalue weighted by Crippen LogP contribution is 2.30. The van der Waals surface area contributed by atoms with Gasteiger partial charge < -0.3 is 0 Å². The van der Waals surface area contributed by atoms with Crippen LogP contribution >= 0.6 is 33.9 Å². The summed E-state index contributed by atoms with van der Waals surface area (Å²) in [7, 11) is 0. The number of carbonyl (C=O) groups is 1. The lowest BCUT2D eigenvalue weighted by Gasteiger charge is -1.80. The second-order valence-corrected chi connectivity index (χ2v) is 5.27. The summed E-state index contributed by atoms with van der Waals surface area (Å²) in [6, 6.07) is 2.12. The minimum absolute atomic E-state index is 0.336. The lowest BCUT2D eigenvalue weighted by atomic mass is 10.3. The van der Waals surface area contributed by atoms with Gasteiger partial charge in [-0.05, 0) is 40.6 Å². The molecule has 0 unspecified atom stereocenters. The summed E-state index contributed by atoms with van der Waals surface area (Å²) >= 11 is 3.88. The monoisotopic (exact) mass is 264 g/mol. The quantitative estimate of drug-likeness (QED) is 0.658. The molecule has 0 aliphatic heterocycles. The van der Waals surface area contributed by atoms with Gasteiger partial charge in [0.2, 0.25) is 0 Å². The normalized spacial score (nSPS) is 15.9. The molecule has 0 fully saturated rings. The highest BCUT2D eigenvalue weighted by atomic mass is 127. The Balaban J connectivity index is 2.59. The first-order valence-electron chi connectivity index (χ1n) is 3.09. The molecular weight excluding hydrogens is 259 g/mol. The van der Waals surface area contributed by atoms with Crippen LogP contribution in [0.15, 0.2) is 6.07 Å². The van der Waals surface area contributed by atoms with Gasteiger partial charge >= 0.3 is 0 Å². The molecule has 52 valence electrons. The summed E-state index contributed by atoms with van der Waals surface area (Å²) in [4.78, 5) is 12.1. The van der Waals surface area contributed by atoms with Crippen molar-refractivity contribution in [3.8, 4) is 0 Å². The lowest BCUT2D eigenvalue weighted by Crippen LogP contribution is -1.85. The molecule has 2 rings (SSSR count). The third-order valence-corrected chi connectivity index (χ3v) is 3.63. The molecule has 10 heavy (non-hydrogen) atoms. The highest BCUT2D eigenvalue weighted by Gasteiger charge is 2.21. The Hall–Kier alpha value is 0.1000. The largest absolute Gasteiger partial charge is 0.293 e. The van der Waals surface area contributed by atoms with E-state index in [1.165, 1.54) is 8.45 Å². The Bertz CT molecular complexity index is 290. The molecule has 1 nitrogen and oxygen atoms in total. The van der Waals surface area contributed by atoms with Gasteiger partial charge in [-0.1, -0.05) is 0 Å². The maximum Gasteiger partial charge on any atom is 0.173 e. The van der Waals surface area contributed by atoms with Gasteiger partial charge in [0.15, 0.2) is 5.78 Å². The molecule has 0 atom stereocenters. The summed E-state index contributed by atoms with van der Waals surface area (Å²) < 4.78 is 1.23. The van der Waals surface area contributed by atoms with E-state index in [-0.39, 0.29) is 0 Å². The number of ketones is 1. The van der Waals surface area contributed by atoms with Crippen molar-refractivity contribution >= 4 is 39.7 Å². The van der Waals surface area contributed by atoms with E-state index in [0.717, 1.165) is 17.7 Å². The van der Waals surface area contributed by atoms with E-state index in [4.69, 9.17) is 0 Å². The van der Waals surface area contributed by atoms with Crippen molar-refractivity contribution in [2.75, 3.05) is 0 Å². The van der Waals surface area contributed by atoms with E-state index in [1.807, 2.05) is 0 Å². The predicted octanol–water partition coefficient (Wildman–Crippen LogP) is 2.48. The number of aryl methyl sites for hydroxylation is 1. The Morgan fingerprint density at radius 3 is 3.00 bits per heavy atom. The van der Waals surface area contributed by atoms with E-state index in [2.05, 4.69) is 28.7 Å². The number of hydrogen-bond donors (Lipinski definition) is 0. The Morgan fingerprint density at radius 2 is 2.30 bits per heavy atom. The van der Waals surface area contributed by atoms with Gasteiger partial charge in [-0.3, -0.25) is 4.79 Å². The Kier molecular flexibility index (Phi) is 1.56. The zero-order valence-electron chi connectivity index (χ0n) is 5.19. The van der Waals surface area contributed by atoms with Crippen LogP contribution in [0.5, 0.6) is 0 Å². The zero-order valence-corrected chi connectivity index (χ0v) is 8.16. The molecule has 0 aromatic carbocycles. The third-order valence-electron chi connectivity index (χ3n) is 1.65. The molecule has 1 aromatic heterocycles. The number of fused-ring (bicyclic) bond motifs is 1. The van der Waals surface area contributed by atoms with Gasteiger partial charge in [-0.2, -0.15) is 0 Å². The van der Waals surface area contributed by atoms with Crippen molar-refractivity contribution < 1.29 is 4.79 Å². The minimum Gasteiger partial charge on any atom is -0.293 e. The van der Waals surface area contributed by atoms with Gasteiger partial charge in [0.1, 0.15) is 0 Å². The van der Waals surface area contributed by atoms with E-state index < -0.39 is 0 Å². The van der Waals surface area contributed by atoms with Crippen LogP contribution in [0.2, 0.25) is 0 Å². The molecule has 1 aliphatic carbocycles. The van der Waals surface area contributed by atoms with Gasteiger partial charge in [-0.15, -0.1) is 11.3 Å². The standard InChI is InChI=1S/C7H5IOS/c8-6-3-4-1-2-5(9)7(4)10-6/h3H,1-2H2. The second-order valence-electron chi connectivity index (χ2n) is 2.33. The molecule has 0 radical (unpaired) electrons. The average molecular weight is 264 g/mol. The lowest BCUT2D eigenvalue weighted by molar-refractivity contribution is 0.0998. The topological polar surface area (TPSA) is 17.1 Å². The van der Waals surface area contributed by atoms with Gasteiger partial charge in [-0.25, -0.2) is 0 Å². The number of halogens is 1. The van der Waals surface area contributed by atoms with Crippen LogP contribution in [0.1, 0.15) is 21.7 Å². The Labute approximate surface area is 76.6 Å². The van der Waals surface area contributed by atoms with E-state index in [0.29, 0.717) is 5.78 Å². The van der Waals surface area contributed by atoms with Gasteiger partial charge in [0, 0.05) is 6.42 Å². The average Bonchev–Trinajstić information content (AvgIpc) is 2.35. The first-order valence-corrected chi connectivity index (χ1v) is 4.98. The van der Waals surface area contributed by atoms with Gasteiger partial charge in [0.25, 0.3) is 0 Å². The molecule has 0 saturated heterocycles. The molecule has 0 spiro atoms. The van der Waals surface area contributed by atoms with Crippen LogP contribution in [0.4, 0.5) is 0 Å². The first-order chi connectivity index (χ1) is 4.77. The number of Topliss-reactive ketones (excluding diaryl/α,β-unsaturated/α-hetero) is 1. The van der Waals surface area contributed by atoms with Crippen molar-refractivity contribution in [3.63, 3.8) is 0 Å². The molecule has 0 amide bonds. The summed E-state index contributed by atoms with van der Waals surface area (Å²) in [6.45, 7) is 0. The number of thiophene rings is 1. The smallest absolute Gasteiger partial charge is 0.173 e. The summed E-state index contributed by atoms with van der Waals surface area (Å²) in [6.07, 6.45) is 1.70. The van der Waals surface area contributed by atoms with Crippen LogP contribution in [-0.4, -0.2) is 5.78 Å². The zero-order chi connectivity index (χ0) is 7.14. The predicted molar refractivity (Wildman–Crippen MR) is 49.7 cm³/mol. The maximum absolute atomic E-state index is 11.1. The summed E-state index contributed by atoms with van der Waals surface area (Å²) in [5, 5.41) is 0. The highest BCUT2D eigenvalue weighted by molar-refractivity contribution is 14.1. The minimum atomic E-state index is 0.336. The van der Waals surface area contributed by atoms with Crippen molar-refractivity contribution in [1.82, 2.24) is 0 Å². The van der Waals surface area contributed by atoms with E-state index in [1.54, 1.807) is 11.3 Å². The summed E-state index contributed by atoms with van der Waals surface area (Å²) in [5.74, 6) is 0.336. The maximum atomic E-state index is 11.1. The van der Waals surface area contributed by atoms with Crippen LogP contribution < -0.4 is 0 Å². The Morgan fingerprint density at radius 1 is 1.50 bits per heavy atom. The van der Waals surface area contributed by atoms with Crippen LogP contribution in [0.25, 0.3) is 0 Å². The summed E-state index contributed by atoms with van der Waals surface area (Å²) in [5.41, 5.74) is 1.26. The van der Waals surface area contributed by atoms with Crippen molar-refractivity contribution in [2.45, 2.75) is 12.8 Å². The molecule has 0 N–H and O–H groups in total. The van der Waals surface area contributed by atoms with Crippen LogP contribution in [0, 0.1) is 2.88 Å². The van der Waals surface area contributed by atoms with Crippen LogP contribution in [-0.2, 0) is 6.42 Å². The fourth-order valence-corrected chi connectivity index (χ4v) is 3.12. The molecule has 1 heterocycles. The van der Waals surface area contributed by atoms with E-state index >= 15 is 0 Å². The fraction of sp³-hybridized carbons (Fsp3) is 0.286. The molecular formula is C7H5IOS. The molecule has 3 heteroatoms. The molecule has 0 bridgehead atoms. The number of rotatable bonds is 0. The van der Waals surface area contributed by atoms with Gasteiger partial charge in [0.05, 0.1) is 7.76 Å². The van der Waals surface area contributed by atoms with E-state index in [9.17, 15) is 4.79 Å².